The Morgan fingerprint density at radius 1 is 0.964 bits per heavy atom. The maximum atomic E-state index is 12.6. The molecule has 4 rings (SSSR count). The van der Waals surface area contributed by atoms with Gasteiger partial charge in [0.15, 0.2) is 5.76 Å². The zero-order valence-corrected chi connectivity index (χ0v) is 16.7. The van der Waals surface area contributed by atoms with Crippen LogP contribution in [0.5, 0.6) is 11.5 Å². The number of hydrogen-bond acceptors (Lipinski definition) is 3. The van der Waals surface area contributed by atoms with Crippen molar-refractivity contribution in [2.24, 2.45) is 0 Å². The van der Waals surface area contributed by atoms with E-state index in [2.05, 4.69) is 0 Å². The van der Waals surface area contributed by atoms with Gasteiger partial charge in [-0.2, -0.15) is 0 Å². The van der Waals surface area contributed by atoms with Gasteiger partial charge in [0.25, 0.3) is 0 Å². The average molecular weight is 432 g/mol. The molecule has 28 heavy (non-hydrogen) atoms. The van der Waals surface area contributed by atoms with Gasteiger partial charge in [0.2, 0.25) is 5.78 Å². The van der Waals surface area contributed by atoms with Crippen LogP contribution in [0.1, 0.15) is 21.5 Å². The van der Waals surface area contributed by atoms with E-state index in [0.717, 1.165) is 5.56 Å². The van der Waals surface area contributed by atoms with E-state index in [9.17, 15) is 4.79 Å². The van der Waals surface area contributed by atoms with Crippen molar-refractivity contribution in [2.45, 2.75) is 6.61 Å². The molecule has 0 amide bonds. The van der Waals surface area contributed by atoms with Crippen molar-refractivity contribution >= 4 is 46.7 Å². The van der Waals surface area contributed by atoms with E-state index < -0.39 is 0 Å². The van der Waals surface area contributed by atoms with Crippen molar-refractivity contribution in [1.29, 1.82) is 0 Å². The molecule has 3 aromatic rings. The zero-order valence-electron chi connectivity index (χ0n) is 14.4. The highest BCUT2D eigenvalue weighted by molar-refractivity contribution is 6.43. The number of benzene rings is 3. The molecule has 1 heterocycles. The molecule has 0 bridgehead atoms. The molecule has 0 spiro atoms. The van der Waals surface area contributed by atoms with Gasteiger partial charge >= 0.3 is 0 Å². The van der Waals surface area contributed by atoms with Crippen LogP contribution in [0, 0.1) is 0 Å². The van der Waals surface area contributed by atoms with Crippen LogP contribution < -0.4 is 9.47 Å². The first-order valence-electron chi connectivity index (χ1n) is 8.41. The first-order valence-corrected chi connectivity index (χ1v) is 9.54. The number of ether oxygens (including phenoxy) is 2. The molecular weight excluding hydrogens is 419 g/mol. The molecule has 1 aliphatic rings. The highest BCUT2D eigenvalue weighted by Crippen LogP contribution is 2.36. The summed E-state index contributed by atoms with van der Waals surface area (Å²) in [6.45, 7) is 0.355. The topological polar surface area (TPSA) is 35.5 Å². The summed E-state index contributed by atoms with van der Waals surface area (Å²) in [5.41, 5.74) is 2.03. The third-order valence-electron chi connectivity index (χ3n) is 4.20. The Morgan fingerprint density at radius 2 is 1.79 bits per heavy atom. The van der Waals surface area contributed by atoms with E-state index in [1.807, 2.05) is 18.2 Å². The number of carbonyl (C=O) groups excluding carboxylic acids is 1. The summed E-state index contributed by atoms with van der Waals surface area (Å²) >= 11 is 18.2. The standard InChI is InChI=1S/C22H13Cl3O3/c23-15-5-1-3-13(9-15)12-27-16-7-8-17-19(11-16)28-20(22(17)26)10-14-4-2-6-18(24)21(14)25/h1-11H,12H2. The third-order valence-corrected chi connectivity index (χ3v) is 5.27. The van der Waals surface area contributed by atoms with Crippen LogP contribution in [0.25, 0.3) is 6.08 Å². The van der Waals surface area contributed by atoms with Crippen LogP contribution in [0.15, 0.2) is 66.4 Å². The fourth-order valence-electron chi connectivity index (χ4n) is 2.82. The van der Waals surface area contributed by atoms with Crippen molar-refractivity contribution < 1.29 is 14.3 Å². The summed E-state index contributed by atoms with van der Waals surface area (Å²) in [6.07, 6.45) is 1.59. The minimum absolute atomic E-state index is 0.186. The first kappa shape index (κ1) is 18.9. The summed E-state index contributed by atoms with van der Waals surface area (Å²) in [5.74, 6) is 1.00. The predicted molar refractivity (Wildman–Crippen MR) is 112 cm³/mol. The molecule has 0 atom stereocenters. The first-order chi connectivity index (χ1) is 13.5. The van der Waals surface area contributed by atoms with Crippen molar-refractivity contribution in [1.82, 2.24) is 0 Å². The van der Waals surface area contributed by atoms with Crippen LogP contribution in [0.3, 0.4) is 0 Å². The summed E-state index contributed by atoms with van der Waals surface area (Å²) < 4.78 is 11.5. The molecule has 0 saturated heterocycles. The molecule has 3 nitrogen and oxygen atoms in total. The fourth-order valence-corrected chi connectivity index (χ4v) is 3.40. The number of carbonyl (C=O) groups is 1. The molecule has 1 aliphatic heterocycles. The molecule has 0 N–H and O–H groups in total. The van der Waals surface area contributed by atoms with E-state index in [1.54, 1.807) is 48.5 Å². The van der Waals surface area contributed by atoms with Gasteiger partial charge in [-0.05, 0) is 47.5 Å². The van der Waals surface area contributed by atoms with Crippen LogP contribution in [0.2, 0.25) is 15.1 Å². The maximum absolute atomic E-state index is 12.6. The lowest BCUT2D eigenvalue weighted by atomic mass is 10.1. The lowest BCUT2D eigenvalue weighted by molar-refractivity contribution is 0.101. The highest BCUT2D eigenvalue weighted by atomic mass is 35.5. The lowest BCUT2D eigenvalue weighted by Crippen LogP contribution is -1.98. The number of ketones is 1. The van der Waals surface area contributed by atoms with Gasteiger partial charge in [-0.25, -0.2) is 0 Å². The predicted octanol–water partition coefficient (Wildman–Crippen LogP) is 6.84. The van der Waals surface area contributed by atoms with Crippen LogP contribution >= 0.6 is 34.8 Å². The summed E-state index contributed by atoms with van der Waals surface area (Å²) in [7, 11) is 0. The molecule has 0 aromatic heterocycles. The van der Waals surface area contributed by atoms with Crippen LogP contribution in [-0.4, -0.2) is 5.78 Å². The minimum Gasteiger partial charge on any atom is -0.489 e. The second kappa shape index (κ2) is 7.88. The number of fused-ring (bicyclic) bond motifs is 1. The van der Waals surface area contributed by atoms with Crippen molar-refractivity contribution in [3.8, 4) is 11.5 Å². The molecule has 3 aromatic carbocycles. The van der Waals surface area contributed by atoms with E-state index in [0.29, 0.717) is 44.3 Å². The largest absolute Gasteiger partial charge is 0.489 e. The van der Waals surface area contributed by atoms with Gasteiger partial charge in [-0.1, -0.05) is 59.1 Å². The quantitative estimate of drug-likeness (QED) is 0.424. The minimum atomic E-state index is -0.215. The van der Waals surface area contributed by atoms with Gasteiger partial charge in [-0.3, -0.25) is 4.79 Å². The van der Waals surface area contributed by atoms with Crippen LogP contribution in [-0.2, 0) is 6.61 Å². The van der Waals surface area contributed by atoms with Gasteiger partial charge in [0, 0.05) is 11.1 Å². The molecular formula is C22H13Cl3O3. The van der Waals surface area contributed by atoms with E-state index in [4.69, 9.17) is 44.3 Å². The number of rotatable bonds is 4. The van der Waals surface area contributed by atoms with Gasteiger partial charge in [0.05, 0.1) is 15.6 Å². The smallest absolute Gasteiger partial charge is 0.231 e. The second-order valence-electron chi connectivity index (χ2n) is 6.16. The zero-order chi connectivity index (χ0) is 19.7. The van der Waals surface area contributed by atoms with Crippen molar-refractivity contribution in [3.05, 3.63) is 98.2 Å². The molecule has 0 fully saturated rings. The molecule has 0 saturated carbocycles. The Morgan fingerprint density at radius 3 is 2.61 bits per heavy atom. The monoisotopic (exact) mass is 430 g/mol. The molecule has 140 valence electrons. The molecule has 0 unspecified atom stereocenters. The molecule has 0 aliphatic carbocycles. The molecule has 6 heteroatoms. The third kappa shape index (κ3) is 3.88. The molecule has 0 radical (unpaired) electrons. The Hall–Kier alpha value is -2.46. The van der Waals surface area contributed by atoms with E-state index in [1.165, 1.54) is 0 Å². The van der Waals surface area contributed by atoms with Gasteiger partial charge in [-0.15, -0.1) is 0 Å². The number of Topliss-reactive ketones (excluding diaryl/α,β-unsaturated/α-hetero) is 1. The second-order valence-corrected chi connectivity index (χ2v) is 7.38. The lowest BCUT2D eigenvalue weighted by Gasteiger charge is -2.07. The van der Waals surface area contributed by atoms with Crippen LogP contribution in [0.4, 0.5) is 0 Å². The average Bonchev–Trinajstić information content (AvgIpc) is 2.99. The Kier molecular flexibility index (Phi) is 5.31. The Bertz CT molecular complexity index is 1110. The Labute approximate surface area is 177 Å². The van der Waals surface area contributed by atoms with E-state index in [-0.39, 0.29) is 11.5 Å². The number of hydrogen-bond donors (Lipinski definition) is 0. The summed E-state index contributed by atoms with van der Waals surface area (Å²) in [4.78, 5) is 12.6. The van der Waals surface area contributed by atoms with E-state index >= 15 is 0 Å². The maximum Gasteiger partial charge on any atom is 0.231 e. The Balaban J connectivity index is 1.54. The van der Waals surface area contributed by atoms with Gasteiger partial charge < -0.3 is 9.47 Å². The summed E-state index contributed by atoms with van der Waals surface area (Å²) in [5, 5.41) is 1.43. The van der Waals surface area contributed by atoms with Gasteiger partial charge in [0.1, 0.15) is 18.1 Å². The SMILES string of the molecule is O=C1C(=Cc2cccc(Cl)c2Cl)Oc2cc(OCc3cccc(Cl)c3)ccc21. The van der Waals surface area contributed by atoms with Crippen molar-refractivity contribution in [3.63, 3.8) is 0 Å². The summed E-state index contributed by atoms with van der Waals surface area (Å²) in [6, 6.07) is 17.8. The number of allylic oxidation sites excluding steroid dienone is 1. The fraction of sp³-hybridized carbons (Fsp3) is 0.0455. The van der Waals surface area contributed by atoms with Crippen molar-refractivity contribution in [2.75, 3.05) is 0 Å². The highest BCUT2D eigenvalue weighted by Gasteiger charge is 2.28. The number of halogens is 3. The normalized spacial score (nSPS) is 14.1.